The van der Waals surface area contributed by atoms with Crippen LogP contribution in [0.4, 0.5) is 0 Å². The molecule has 30 heavy (non-hydrogen) atoms. The zero-order valence-corrected chi connectivity index (χ0v) is 17.7. The predicted octanol–water partition coefficient (Wildman–Crippen LogP) is 4.11. The number of aryl methyl sites for hydroxylation is 1. The van der Waals surface area contributed by atoms with Gasteiger partial charge < -0.3 is 18.8 Å². The molecule has 0 radical (unpaired) electrons. The Hall–Kier alpha value is -3.28. The van der Waals surface area contributed by atoms with Crippen molar-refractivity contribution in [2.75, 3.05) is 19.6 Å². The number of hydrogen-bond donors (Lipinski definition) is 0. The number of rotatable bonds is 4. The first-order valence-corrected chi connectivity index (χ1v) is 10.2. The summed E-state index contributed by atoms with van der Waals surface area (Å²) in [5.74, 6) is -0.0200. The van der Waals surface area contributed by atoms with Crippen molar-refractivity contribution in [3.63, 3.8) is 0 Å². The third-order valence-corrected chi connectivity index (χ3v) is 5.70. The lowest BCUT2D eigenvalue weighted by Crippen LogP contribution is -2.55. The van der Waals surface area contributed by atoms with Crippen LogP contribution >= 0.6 is 0 Å². The van der Waals surface area contributed by atoms with Gasteiger partial charge in [0.2, 0.25) is 5.71 Å². The summed E-state index contributed by atoms with van der Waals surface area (Å²) in [6, 6.07) is 11.3. The minimum Gasteiger partial charge on any atom is -0.448 e. The highest BCUT2D eigenvalue weighted by Crippen LogP contribution is 2.25. The smallest absolute Gasteiger partial charge is 0.270 e. The van der Waals surface area contributed by atoms with E-state index in [1.54, 1.807) is 6.26 Å². The molecule has 1 saturated heterocycles. The number of carbonyl (C=O) groups is 2. The van der Waals surface area contributed by atoms with E-state index in [-0.39, 0.29) is 17.9 Å². The van der Waals surface area contributed by atoms with E-state index in [1.165, 1.54) is 0 Å². The third-order valence-electron chi connectivity index (χ3n) is 5.70. The maximum atomic E-state index is 13.3. The Morgan fingerprint density at radius 1 is 1.17 bits per heavy atom. The molecule has 2 amide bonds. The van der Waals surface area contributed by atoms with Crippen molar-refractivity contribution in [2.45, 2.75) is 33.4 Å². The van der Waals surface area contributed by atoms with Crippen LogP contribution in [0.2, 0.25) is 0 Å². The molecule has 156 valence electrons. The molecule has 1 aromatic carbocycles. The van der Waals surface area contributed by atoms with Gasteiger partial charge in [-0.3, -0.25) is 9.59 Å². The first-order chi connectivity index (χ1) is 14.4. The van der Waals surface area contributed by atoms with Crippen molar-refractivity contribution in [3.8, 4) is 0 Å². The second-order valence-corrected chi connectivity index (χ2v) is 8.17. The molecule has 3 aromatic rings. The minimum atomic E-state index is -0.0673. The van der Waals surface area contributed by atoms with Crippen LogP contribution in [0, 0.1) is 6.92 Å². The summed E-state index contributed by atoms with van der Waals surface area (Å²) in [6.45, 7) is 11.9. The molecule has 0 saturated carbocycles. The summed E-state index contributed by atoms with van der Waals surface area (Å²) in [5.41, 5.74) is 3.91. The van der Waals surface area contributed by atoms with E-state index in [9.17, 15) is 9.59 Å². The van der Waals surface area contributed by atoms with E-state index in [0.29, 0.717) is 37.6 Å². The fraction of sp³-hybridized carbons (Fsp3) is 0.333. The Morgan fingerprint density at radius 2 is 1.93 bits per heavy atom. The normalized spacial score (nSPS) is 16.8. The molecule has 4 rings (SSSR count). The Balaban J connectivity index is 1.54. The number of allylic oxidation sites excluding steroid dienone is 1. The van der Waals surface area contributed by atoms with Crippen molar-refractivity contribution in [1.82, 2.24) is 14.4 Å². The van der Waals surface area contributed by atoms with Crippen molar-refractivity contribution >= 4 is 22.9 Å². The predicted molar refractivity (Wildman–Crippen MR) is 117 cm³/mol. The summed E-state index contributed by atoms with van der Waals surface area (Å²) in [6.07, 6.45) is 1.63. The summed E-state index contributed by atoms with van der Waals surface area (Å²) in [7, 11) is 0. The molecule has 1 aliphatic rings. The minimum absolute atomic E-state index is 0.0240. The van der Waals surface area contributed by atoms with E-state index in [4.69, 9.17) is 4.42 Å². The molecule has 6 heteroatoms. The van der Waals surface area contributed by atoms with E-state index >= 15 is 0 Å². The van der Waals surface area contributed by atoms with Gasteiger partial charge >= 0.3 is 0 Å². The molecule has 3 heterocycles. The molecule has 0 unspecified atom stereocenters. The largest absolute Gasteiger partial charge is 0.448 e. The SMILES string of the molecule is C=C(C)Cn1c(C(=O)N2CCN(C(=O)c3ccccc3C)[C@@H](C)C2)cc2ccoc21. The number of carbonyl (C=O) groups excluding carboxylic acids is 2. The number of nitrogens with zero attached hydrogens (tertiary/aromatic N) is 3. The highest BCUT2D eigenvalue weighted by atomic mass is 16.3. The van der Waals surface area contributed by atoms with Gasteiger partial charge in [-0.2, -0.15) is 0 Å². The highest BCUT2D eigenvalue weighted by molar-refractivity contribution is 5.98. The maximum absolute atomic E-state index is 13.3. The van der Waals surface area contributed by atoms with Crippen molar-refractivity contribution in [3.05, 3.63) is 71.6 Å². The van der Waals surface area contributed by atoms with Crippen molar-refractivity contribution < 1.29 is 14.0 Å². The van der Waals surface area contributed by atoms with Gasteiger partial charge in [-0.1, -0.05) is 30.4 Å². The fourth-order valence-electron chi connectivity index (χ4n) is 4.15. The molecule has 1 aliphatic heterocycles. The number of benzene rings is 1. The average Bonchev–Trinajstić information content (AvgIpc) is 3.29. The van der Waals surface area contributed by atoms with Crippen LogP contribution in [0.1, 0.15) is 40.3 Å². The second kappa shape index (κ2) is 7.86. The lowest BCUT2D eigenvalue weighted by Gasteiger charge is -2.40. The van der Waals surface area contributed by atoms with Crippen LogP contribution in [0.25, 0.3) is 11.1 Å². The molecule has 6 nitrogen and oxygen atoms in total. The second-order valence-electron chi connectivity index (χ2n) is 8.17. The van der Waals surface area contributed by atoms with E-state index < -0.39 is 0 Å². The van der Waals surface area contributed by atoms with Crippen molar-refractivity contribution in [1.29, 1.82) is 0 Å². The van der Waals surface area contributed by atoms with Gasteiger partial charge in [0, 0.05) is 43.2 Å². The molecular weight excluding hydrogens is 378 g/mol. The van der Waals surface area contributed by atoms with Gasteiger partial charge in [0.15, 0.2) is 0 Å². The van der Waals surface area contributed by atoms with Crippen LogP contribution < -0.4 is 0 Å². The third kappa shape index (κ3) is 3.54. The topological polar surface area (TPSA) is 58.7 Å². The number of amides is 2. The molecule has 0 bridgehead atoms. The summed E-state index contributed by atoms with van der Waals surface area (Å²) < 4.78 is 7.48. The number of aromatic nitrogens is 1. The Kier molecular flexibility index (Phi) is 5.24. The van der Waals surface area contributed by atoms with Gasteiger partial charge in [0.05, 0.1) is 6.26 Å². The van der Waals surface area contributed by atoms with Crippen LogP contribution in [-0.4, -0.2) is 51.9 Å². The molecule has 0 N–H and O–H groups in total. The average molecular weight is 405 g/mol. The molecule has 0 aliphatic carbocycles. The highest BCUT2D eigenvalue weighted by Gasteiger charge is 2.32. The monoisotopic (exact) mass is 405 g/mol. The Labute approximate surface area is 176 Å². The lowest BCUT2D eigenvalue weighted by atomic mass is 10.1. The number of fused-ring (bicyclic) bond motifs is 1. The van der Waals surface area contributed by atoms with E-state index in [0.717, 1.165) is 22.1 Å². The summed E-state index contributed by atoms with van der Waals surface area (Å²) >= 11 is 0. The van der Waals surface area contributed by atoms with E-state index in [1.807, 2.05) is 71.5 Å². The van der Waals surface area contributed by atoms with Crippen LogP contribution in [-0.2, 0) is 6.54 Å². The molecule has 2 aromatic heterocycles. The van der Waals surface area contributed by atoms with E-state index in [2.05, 4.69) is 6.58 Å². The van der Waals surface area contributed by atoms with Crippen LogP contribution in [0.15, 0.2) is 59.2 Å². The van der Waals surface area contributed by atoms with Gasteiger partial charge in [-0.15, -0.1) is 0 Å². The molecule has 1 atom stereocenters. The number of furan rings is 1. The van der Waals surface area contributed by atoms with Crippen molar-refractivity contribution in [2.24, 2.45) is 0 Å². The maximum Gasteiger partial charge on any atom is 0.270 e. The van der Waals surface area contributed by atoms with Gasteiger partial charge in [0.1, 0.15) is 5.69 Å². The van der Waals surface area contributed by atoms with Gasteiger partial charge in [-0.25, -0.2) is 0 Å². The lowest BCUT2D eigenvalue weighted by molar-refractivity contribution is 0.0409. The number of hydrogen-bond acceptors (Lipinski definition) is 3. The van der Waals surface area contributed by atoms with Crippen LogP contribution in [0.3, 0.4) is 0 Å². The first-order valence-electron chi connectivity index (χ1n) is 10.2. The van der Waals surface area contributed by atoms with Gasteiger partial charge in [0.25, 0.3) is 11.8 Å². The Bertz CT molecular complexity index is 1120. The summed E-state index contributed by atoms with van der Waals surface area (Å²) in [5, 5.41) is 0.904. The zero-order valence-electron chi connectivity index (χ0n) is 17.7. The van der Waals surface area contributed by atoms with Crippen LogP contribution in [0.5, 0.6) is 0 Å². The molecular formula is C24H27N3O3. The zero-order chi connectivity index (χ0) is 21.4. The standard InChI is InChI=1S/C24H27N3O3/c1-16(2)14-27-21(13-19-9-12-30-24(19)27)23(29)25-10-11-26(18(4)15-25)22(28)20-8-6-5-7-17(20)3/h5-9,12-13,18H,1,10-11,14-15H2,2-4H3/t18-/m0/s1. The molecule has 0 spiro atoms. The Morgan fingerprint density at radius 3 is 2.63 bits per heavy atom. The quantitative estimate of drug-likeness (QED) is 0.614. The first kappa shape index (κ1) is 20.0. The molecule has 1 fully saturated rings. The number of piperazine rings is 1. The summed E-state index contributed by atoms with van der Waals surface area (Å²) in [4.78, 5) is 30.1. The fourth-order valence-corrected chi connectivity index (χ4v) is 4.15. The van der Waals surface area contributed by atoms with Gasteiger partial charge in [-0.05, 0) is 44.5 Å².